The van der Waals surface area contributed by atoms with Crippen LogP contribution >= 0.6 is 0 Å². The topological polar surface area (TPSA) is 72.2 Å². The van der Waals surface area contributed by atoms with Crippen molar-refractivity contribution in [3.8, 4) is 0 Å². The van der Waals surface area contributed by atoms with E-state index in [4.69, 9.17) is 5.14 Å². The van der Waals surface area contributed by atoms with Gasteiger partial charge >= 0.3 is 0 Å². The zero-order valence-electron chi connectivity index (χ0n) is 12.2. The summed E-state index contributed by atoms with van der Waals surface area (Å²) in [5.74, 6) is 0.735. The average molecular weight is 296 g/mol. The molecule has 1 aromatic carbocycles. The van der Waals surface area contributed by atoms with Crippen molar-refractivity contribution < 1.29 is 8.42 Å². The molecule has 1 fully saturated rings. The third-order valence-electron chi connectivity index (χ3n) is 4.31. The molecular weight excluding hydrogens is 272 g/mol. The molecule has 2 unspecified atom stereocenters. The molecule has 3 N–H and O–H groups in total. The fraction of sp³-hybridized carbons (Fsp3) is 0.600. The maximum atomic E-state index is 11.4. The highest BCUT2D eigenvalue weighted by Gasteiger charge is 2.23. The van der Waals surface area contributed by atoms with Crippen LogP contribution in [0.1, 0.15) is 51.1 Å². The van der Waals surface area contributed by atoms with Crippen LogP contribution < -0.4 is 10.5 Å². The lowest BCUT2D eigenvalue weighted by atomic mass is 9.98. The Morgan fingerprint density at radius 2 is 1.90 bits per heavy atom. The molecule has 0 spiro atoms. The molecule has 1 aliphatic rings. The van der Waals surface area contributed by atoms with Crippen molar-refractivity contribution in [3.63, 3.8) is 0 Å². The molecule has 0 bridgehead atoms. The molecular formula is C15H24N2O2S. The third kappa shape index (κ3) is 3.81. The fourth-order valence-corrected chi connectivity index (χ4v) is 3.61. The van der Waals surface area contributed by atoms with E-state index < -0.39 is 10.0 Å². The molecule has 112 valence electrons. The van der Waals surface area contributed by atoms with E-state index in [0.717, 1.165) is 11.5 Å². The van der Waals surface area contributed by atoms with E-state index in [1.807, 2.05) is 6.07 Å². The summed E-state index contributed by atoms with van der Waals surface area (Å²) in [6.45, 7) is 4.28. The van der Waals surface area contributed by atoms with Gasteiger partial charge in [0.1, 0.15) is 0 Å². The summed E-state index contributed by atoms with van der Waals surface area (Å²) in [5, 5.41) is 8.76. The second-order valence-electron chi connectivity index (χ2n) is 5.84. The minimum atomic E-state index is -3.63. The van der Waals surface area contributed by atoms with Crippen LogP contribution in [0.5, 0.6) is 0 Å². The van der Waals surface area contributed by atoms with Gasteiger partial charge in [-0.3, -0.25) is 0 Å². The summed E-state index contributed by atoms with van der Waals surface area (Å²) >= 11 is 0. The van der Waals surface area contributed by atoms with E-state index >= 15 is 0 Å². The van der Waals surface area contributed by atoms with Crippen molar-refractivity contribution in [1.82, 2.24) is 5.32 Å². The Kier molecular flexibility index (Phi) is 4.83. The molecule has 20 heavy (non-hydrogen) atoms. The molecule has 1 saturated carbocycles. The van der Waals surface area contributed by atoms with Gasteiger partial charge < -0.3 is 5.32 Å². The van der Waals surface area contributed by atoms with Crippen LogP contribution in [0.2, 0.25) is 0 Å². The minimum absolute atomic E-state index is 0.118. The number of hydrogen-bond donors (Lipinski definition) is 2. The number of benzene rings is 1. The van der Waals surface area contributed by atoms with Gasteiger partial charge in [0.25, 0.3) is 0 Å². The summed E-state index contributed by atoms with van der Waals surface area (Å²) in [4.78, 5) is 0.178. The molecule has 0 heterocycles. The fourth-order valence-electron chi connectivity index (χ4n) is 3.04. The van der Waals surface area contributed by atoms with E-state index in [1.54, 1.807) is 12.1 Å². The van der Waals surface area contributed by atoms with Crippen LogP contribution in [0.3, 0.4) is 0 Å². The van der Waals surface area contributed by atoms with E-state index in [1.165, 1.54) is 31.7 Å². The standard InChI is InChI=1S/C15H24N2O2S/c1-11(13-6-3-4-7-13)17-12(2)14-8-5-9-15(10-14)20(16,18)19/h5,8-13,17H,3-4,6-7H2,1-2H3,(H2,16,18,19). The Labute approximate surface area is 121 Å². The Hall–Kier alpha value is -0.910. The van der Waals surface area contributed by atoms with Gasteiger partial charge in [0, 0.05) is 12.1 Å². The first-order valence-corrected chi connectivity index (χ1v) is 8.81. The van der Waals surface area contributed by atoms with Crippen LogP contribution in [0.15, 0.2) is 29.2 Å². The van der Waals surface area contributed by atoms with Crippen LogP contribution in [0.4, 0.5) is 0 Å². The quantitative estimate of drug-likeness (QED) is 0.877. The van der Waals surface area contributed by atoms with Gasteiger partial charge in [0.15, 0.2) is 0 Å². The molecule has 0 radical (unpaired) electrons. The molecule has 0 aromatic heterocycles. The van der Waals surface area contributed by atoms with Crippen molar-refractivity contribution in [1.29, 1.82) is 0 Å². The van der Waals surface area contributed by atoms with Crippen molar-refractivity contribution in [2.24, 2.45) is 11.1 Å². The maximum Gasteiger partial charge on any atom is 0.238 e. The molecule has 1 aromatic rings. The van der Waals surface area contributed by atoms with Crippen molar-refractivity contribution in [2.45, 2.75) is 56.5 Å². The predicted molar refractivity (Wildman–Crippen MR) is 80.8 cm³/mol. The molecule has 2 rings (SSSR count). The summed E-state index contributed by atoms with van der Waals surface area (Å²) < 4.78 is 22.8. The number of primary sulfonamides is 1. The minimum Gasteiger partial charge on any atom is -0.307 e. The largest absolute Gasteiger partial charge is 0.307 e. The third-order valence-corrected chi connectivity index (χ3v) is 5.22. The van der Waals surface area contributed by atoms with E-state index in [9.17, 15) is 8.42 Å². The lowest BCUT2D eigenvalue weighted by Gasteiger charge is -2.25. The van der Waals surface area contributed by atoms with Crippen LogP contribution in [0, 0.1) is 5.92 Å². The van der Waals surface area contributed by atoms with E-state index in [0.29, 0.717) is 6.04 Å². The van der Waals surface area contributed by atoms with Gasteiger partial charge in [-0.1, -0.05) is 25.0 Å². The normalized spacial score (nSPS) is 19.9. The van der Waals surface area contributed by atoms with Crippen molar-refractivity contribution in [2.75, 3.05) is 0 Å². The summed E-state index contributed by atoms with van der Waals surface area (Å²) in [7, 11) is -3.63. The smallest absolute Gasteiger partial charge is 0.238 e. The number of rotatable bonds is 5. The van der Waals surface area contributed by atoms with Gasteiger partial charge in [-0.25, -0.2) is 13.6 Å². The monoisotopic (exact) mass is 296 g/mol. The molecule has 0 amide bonds. The van der Waals surface area contributed by atoms with E-state index in [2.05, 4.69) is 19.2 Å². The lowest BCUT2D eigenvalue weighted by molar-refractivity contribution is 0.352. The van der Waals surface area contributed by atoms with Crippen LogP contribution in [-0.4, -0.2) is 14.5 Å². The molecule has 2 atom stereocenters. The predicted octanol–water partition coefficient (Wildman–Crippen LogP) is 2.56. The van der Waals surface area contributed by atoms with Crippen molar-refractivity contribution >= 4 is 10.0 Å². The lowest BCUT2D eigenvalue weighted by Crippen LogP contribution is -2.34. The van der Waals surface area contributed by atoms with Gasteiger partial charge in [0.2, 0.25) is 10.0 Å². The SMILES string of the molecule is CC(NC(C)C1CCCC1)c1cccc(S(N)(=O)=O)c1. The van der Waals surface area contributed by atoms with Crippen molar-refractivity contribution in [3.05, 3.63) is 29.8 Å². The second kappa shape index (κ2) is 6.24. The summed E-state index contributed by atoms with van der Waals surface area (Å²) in [6, 6.07) is 7.44. The second-order valence-corrected chi connectivity index (χ2v) is 7.40. The van der Waals surface area contributed by atoms with Gasteiger partial charge in [0.05, 0.1) is 4.90 Å². The summed E-state index contributed by atoms with van der Waals surface area (Å²) in [5.41, 5.74) is 0.960. The highest BCUT2D eigenvalue weighted by Crippen LogP contribution is 2.29. The van der Waals surface area contributed by atoms with Crippen LogP contribution in [-0.2, 0) is 10.0 Å². The molecule has 0 saturated heterocycles. The molecule has 0 aliphatic heterocycles. The molecule has 4 nitrogen and oxygen atoms in total. The first kappa shape index (κ1) is 15.5. The van der Waals surface area contributed by atoms with E-state index in [-0.39, 0.29) is 10.9 Å². The number of nitrogens with one attached hydrogen (secondary N) is 1. The zero-order chi connectivity index (χ0) is 14.8. The Balaban J connectivity index is 2.07. The molecule has 5 heteroatoms. The number of sulfonamides is 1. The maximum absolute atomic E-state index is 11.4. The van der Waals surface area contributed by atoms with Gasteiger partial charge in [-0.2, -0.15) is 0 Å². The highest BCUT2D eigenvalue weighted by molar-refractivity contribution is 7.89. The zero-order valence-corrected chi connectivity index (χ0v) is 13.0. The Morgan fingerprint density at radius 1 is 1.25 bits per heavy atom. The average Bonchev–Trinajstić information content (AvgIpc) is 2.91. The number of hydrogen-bond acceptors (Lipinski definition) is 3. The first-order chi connectivity index (χ1) is 9.38. The Bertz CT molecular complexity index is 551. The van der Waals surface area contributed by atoms with Crippen LogP contribution in [0.25, 0.3) is 0 Å². The van der Waals surface area contributed by atoms with Gasteiger partial charge in [-0.05, 0) is 50.3 Å². The van der Waals surface area contributed by atoms with Gasteiger partial charge in [-0.15, -0.1) is 0 Å². The Morgan fingerprint density at radius 3 is 2.50 bits per heavy atom. The number of nitrogens with two attached hydrogens (primary N) is 1. The molecule has 1 aliphatic carbocycles. The summed E-state index contributed by atoms with van der Waals surface area (Å²) in [6.07, 6.45) is 5.23. The highest BCUT2D eigenvalue weighted by atomic mass is 32.2. The first-order valence-electron chi connectivity index (χ1n) is 7.27.